The minimum absolute atomic E-state index is 0.137. The molecule has 0 aliphatic carbocycles. The van der Waals surface area contributed by atoms with Crippen molar-refractivity contribution >= 4 is 6.29 Å². The first-order valence-electron chi connectivity index (χ1n) is 6.61. The summed E-state index contributed by atoms with van der Waals surface area (Å²) in [7, 11) is 0. The molecule has 0 saturated heterocycles. The first-order chi connectivity index (χ1) is 9.67. The van der Waals surface area contributed by atoms with E-state index in [-0.39, 0.29) is 12.4 Å². The van der Waals surface area contributed by atoms with E-state index < -0.39 is 5.82 Å². The van der Waals surface area contributed by atoms with Crippen LogP contribution in [0.2, 0.25) is 0 Å². The molecule has 0 radical (unpaired) electrons. The van der Waals surface area contributed by atoms with Gasteiger partial charge in [-0.1, -0.05) is 6.92 Å². The first kappa shape index (κ1) is 14.2. The number of rotatable bonds is 6. The lowest BCUT2D eigenvalue weighted by Gasteiger charge is -2.08. The Hall–Kier alpha value is -2.17. The summed E-state index contributed by atoms with van der Waals surface area (Å²) < 4.78 is 21.0. The summed E-state index contributed by atoms with van der Waals surface area (Å²) >= 11 is 0. The van der Waals surface area contributed by atoms with Gasteiger partial charge in [0.1, 0.15) is 12.9 Å². The van der Waals surface area contributed by atoms with Crippen LogP contribution in [-0.4, -0.2) is 16.1 Å². The summed E-state index contributed by atoms with van der Waals surface area (Å²) in [6, 6.07) is 6.12. The standard InChI is InChI=1S/C15H17FN2O2/c1-3-12-8-13(18(4-2)17-12)10-20-15-6-5-11(9-19)7-14(15)16/h5-9H,3-4,10H2,1-2H3. The van der Waals surface area contributed by atoms with E-state index in [1.807, 2.05) is 24.6 Å². The van der Waals surface area contributed by atoms with Gasteiger partial charge in [-0.15, -0.1) is 0 Å². The van der Waals surface area contributed by atoms with Gasteiger partial charge in [0.2, 0.25) is 0 Å². The van der Waals surface area contributed by atoms with Crippen molar-refractivity contribution < 1.29 is 13.9 Å². The highest BCUT2D eigenvalue weighted by Crippen LogP contribution is 2.19. The second kappa shape index (κ2) is 6.32. The maximum atomic E-state index is 13.7. The predicted molar refractivity (Wildman–Crippen MR) is 73.4 cm³/mol. The maximum absolute atomic E-state index is 13.7. The lowest BCUT2D eigenvalue weighted by Crippen LogP contribution is -2.06. The van der Waals surface area contributed by atoms with Crippen molar-refractivity contribution in [3.05, 3.63) is 47.0 Å². The first-order valence-corrected chi connectivity index (χ1v) is 6.61. The Morgan fingerprint density at radius 2 is 2.15 bits per heavy atom. The fourth-order valence-corrected chi connectivity index (χ4v) is 1.94. The number of hydrogen-bond acceptors (Lipinski definition) is 3. The largest absolute Gasteiger partial charge is 0.484 e. The molecule has 0 atom stereocenters. The molecule has 0 bridgehead atoms. The summed E-state index contributed by atoms with van der Waals surface area (Å²) in [5, 5.41) is 4.41. The molecule has 20 heavy (non-hydrogen) atoms. The lowest BCUT2D eigenvalue weighted by molar-refractivity contribution is 0.112. The molecule has 2 aromatic rings. The van der Waals surface area contributed by atoms with Crippen LogP contribution in [0.1, 0.15) is 35.6 Å². The number of hydrogen-bond donors (Lipinski definition) is 0. The predicted octanol–water partition coefficient (Wildman–Crippen LogP) is 3.00. The maximum Gasteiger partial charge on any atom is 0.165 e. The highest BCUT2D eigenvalue weighted by Gasteiger charge is 2.09. The van der Waals surface area contributed by atoms with E-state index in [1.165, 1.54) is 12.1 Å². The van der Waals surface area contributed by atoms with E-state index in [0.29, 0.717) is 11.8 Å². The van der Waals surface area contributed by atoms with Crippen molar-refractivity contribution in [1.82, 2.24) is 9.78 Å². The van der Waals surface area contributed by atoms with Gasteiger partial charge in [-0.05, 0) is 37.6 Å². The minimum Gasteiger partial charge on any atom is -0.484 e. The Balaban J connectivity index is 2.12. The average molecular weight is 276 g/mol. The quantitative estimate of drug-likeness (QED) is 0.762. The highest BCUT2D eigenvalue weighted by molar-refractivity contribution is 5.74. The van der Waals surface area contributed by atoms with Crippen LogP contribution in [-0.2, 0) is 19.6 Å². The number of aromatic nitrogens is 2. The van der Waals surface area contributed by atoms with E-state index in [1.54, 1.807) is 0 Å². The third-order valence-electron chi connectivity index (χ3n) is 3.04. The van der Waals surface area contributed by atoms with Crippen LogP contribution in [0.3, 0.4) is 0 Å². The van der Waals surface area contributed by atoms with Gasteiger partial charge in [-0.25, -0.2) is 4.39 Å². The Kier molecular flexibility index (Phi) is 4.50. The molecule has 4 nitrogen and oxygen atoms in total. The number of carbonyl (C=O) groups excluding carboxylic acids is 1. The minimum atomic E-state index is -0.534. The Morgan fingerprint density at radius 1 is 1.35 bits per heavy atom. The Morgan fingerprint density at radius 3 is 2.75 bits per heavy atom. The molecule has 106 valence electrons. The zero-order valence-corrected chi connectivity index (χ0v) is 11.6. The molecule has 0 unspecified atom stereocenters. The van der Waals surface area contributed by atoms with Gasteiger partial charge in [0.05, 0.1) is 11.4 Å². The number of benzene rings is 1. The number of nitrogens with zero attached hydrogens (tertiary/aromatic N) is 2. The fraction of sp³-hybridized carbons (Fsp3) is 0.333. The van der Waals surface area contributed by atoms with E-state index in [9.17, 15) is 9.18 Å². The van der Waals surface area contributed by atoms with Crippen LogP contribution >= 0.6 is 0 Å². The summed E-state index contributed by atoms with van der Waals surface area (Å²) in [5.74, 6) is -0.398. The summed E-state index contributed by atoms with van der Waals surface area (Å²) in [4.78, 5) is 10.5. The van der Waals surface area contributed by atoms with Crippen LogP contribution in [0.4, 0.5) is 4.39 Å². The van der Waals surface area contributed by atoms with Crippen LogP contribution < -0.4 is 4.74 Å². The Labute approximate surface area is 117 Å². The SMILES string of the molecule is CCc1cc(COc2ccc(C=O)cc2F)n(CC)n1. The van der Waals surface area contributed by atoms with Gasteiger partial charge >= 0.3 is 0 Å². The van der Waals surface area contributed by atoms with E-state index >= 15 is 0 Å². The van der Waals surface area contributed by atoms with Crippen molar-refractivity contribution in [2.75, 3.05) is 0 Å². The summed E-state index contributed by atoms with van der Waals surface area (Å²) in [6.07, 6.45) is 1.45. The van der Waals surface area contributed by atoms with Gasteiger partial charge in [0, 0.05) is 12.1 Å². The van der Waals surface area contributed by atoms with Crippen molar-refractivity contribution in [2.24, 2.45) is 0 Å². The third kappa shape index (κ3) is 3.04. The molecule has 0 aliphatic heterocycles. The van der Waals surface area contributed by atoms with Crippen molar-refractivity contribution in [3.8, 4) is 5.75 Å². The molecule has 5 heteroatoms. The summed E-state index contributed by atoms with van der Waals surface area (Å²) in [5.41, 5.74) is 2.19. The zero-order valence-electron chi connectivity index (χ0n) is 11.6. The van der Waals surface area contributed by atoms with E-state index in [2.05, 4.69) is 5.10 Å². The van der Waals surface area contributed by atoms with Crippen LogP contribution in [0.15, 0.2) is 24.3 Å². The van der Waals surface area contributed by atoms with E-state index in [0.717, 1.165) is 30.4 Å². The van der Waals surface area contributed by atoms with Crippen LogP contribution in [0, 0.1) is 5.82 Å². The molecule has 1 heterocycles. The molecule has 1 aromatic carbocycles. The molecular weight excluding hydrogens is 259 g/mol. The molecule has 0 spiro atoms. The highest BCUT2D eigenvalue weighted by atomic mass is 19.1. The number of carbonyl (C=O) groups is 1. The average Bonchev–Trinajstić information content (AvgIpc) is 2.88. The number of aldehydes is 1. The second-order valence-electron chi connectivity index (χ2n) is 4.39. The molecule has 1 aromatic heterocycles. The van der Waals surface area contributed by atoms with Crippen molar-refractivity contribution in [1.29, 1.82) is 0 Å². The van der Waals surface area contributed by atoms with Crippen LogP contribution in [0.25, 0.3) is 0 Å². The topological polar surface area (TPSA) is 44.1 Å². The van der Waals surface area contributed by atoms with Crippen LogP contribution in [0.5, 0.6) is 5.75 Å². The molecule has 2 rings (SSSR count). The summed E-state index contributed by atoms with van der Waals surface area (Å²) in [6.45, 7) is 5.02. The van der Waals surface area contributed by atoms with Gasteiger partial charge in [0.15, 0.2) is 11.6 Å². The van der Waals surface area contributed by atoms with E-state index in [4.69, 9.17) is 4.74 Å². The molecule has 0 aliphatic rings. The van der Waals surface area contributed by atoms with Crippen molar-refractivity contribution in [2.45, 2.75) is 33.4 Å². The molecular formula is C15H17FN2O2. The molecule has 0 saturated carbocycles. The van der Waals surface area contributed by atoms with Gasteiger partial charge < -0.3 is 4.74 Å². The zero-order chi connectivity index (χ0) is 14.5. The number of aryl methyl sites for hydroxylation is 2. The smallest absolute Gasteiger partial charge is 0.165 e. The Bertz CT molecular complexity index is 608. The monoisotopic (exact) mass is 276 g/mol. The van der Waals surface area contributed by atoms with Gasteiger partial charge in [-0.3, -0.25) is 9.48 Å². The molecule has 0 amide bonds. The second-order valence-corrected chi connectivity index (χ2v) is 4.39. The molecule has 0 N–H and O–H groups in total. The lowest BCUT2D eigenvalue weighted by atomic mass is 10.2. The third-order valence-corrected chi connectivity index (χ3v) is 3.04. The normalized spacial score (nSPS) is 10.6. The molecule has 0 fully saturated rings. The van der Waals surface area contributed by atoms with Crippen molar-refractivity contribution in [3.63, 3.8) is 0 Å². The van der Waals surface area contributed by atoms with Gasteiger partial charge in [-0.2, -0.15) is 5.10 Å². The number of ether oxygens (including phenoxy) is 1. The fourth-order valence-electron chi connectivity index (χ4n) is 1.94. The number of halogens is 1. The van der Waals surface area contributed by atoms with Gasteiger partial charge in [0.25, 0.3) is 0 Å².